The molecule has 0 saturated carbocycles. The predicted molar refractivity (Wildman–Crippen MR) is 107 cm³/mol. The van der Waals surface area contributed by atoms with Crippen LogP contribution in [0.25, 0.3) is 0 Å². The molecule has 0 aliphatic carbocycles. The molecule has 3 aromatic rings. The van der Waals surface area contributed by atoms with Crippen molar-refractivity contribution >= 4 is 23.2 Å². The summed E-state index contributed by atoms with van der Waals surface area (Å²) in [5.41, 5.74) is 2.63. The summed E-state index contributed by atoms with van der Waals surface area (Å²) < 4.78 is 0. The Balaban J connectivity index is 1.38. The number of nitrogens with zero attached hydrogens (tertiary/aromatic N) is 3. The Morgan fingerprint density at radius 1 is 1.04 bits per heavy atom. The lowest BCUT2D eigenvalue weighted by molar-refractivity contribution is 0.0762. The first-order valence-corrected chi connectivity index (χ1v) is 10.0. The summed E-state index contributed by atoms with van der Waals surface area (Å²) in [5.74, 6) is -0.134. The van der Waals surface area contributed by atoms with Crippen molar-refractivity contribution in [2.24, 2.45) is 0 Å². The summed E-state index contributed by atoms with van der Waals surface area (Å²) >= 11 is 1.43. The first kappa shape index (κ1) is 18.3. The van der Waals surface area contributed by atoms with Gasteiger partial charge in [0, 0.05) is 55.3 Å². The average Bonchev–Trinajstić information content (AvgIpc) is 3.06. The van der Waals surface area contributed by atoms with Crippen molar-refractivity contribution < 1.29 is 9.59 Å². The SMILES string of the molecule is O=C(NCc1ccccc1)c1nc2c(s1)CCN(C(=O)c1ccncc1)CC2. The molecule has 7 heteroatoms. The van der Waals surface area contributed by atoms with E-state index in [1.54, 1.807) is 24.5 Å². The number of carbonyl (C=O) groups excluding carboxylic acids is 2. The highest BCUT2D eigenvalue weighted by Crippen LogP contribution is 2.23. The number of pyridine rings is 1. The normalized spacial score (nSPS) is 13.5. The molecule has 142 valence electrons. The second-order valence-electron chi connectivity index (χ2n) is 6.59. The molecule has 2 amide bonds. The van der Waals surface area contributed by atoms with E-state index in [1.165, 1.54) is 11.3 Å². The van der Waals surface area contributed by atoms with E-state index in [4.69, 9.17) is 0 Å². The Morgan fingerprint density at radius 2 is 1.79 bits per heavy atom. The second-order valence-corrected chi connectivity index (χ2v) is 7.67. The topological polar surface area (TPSA) is 75.2 Å². The zero-order valence-corrected chi connectivity index (χ0v) is 16.1. The van der Waals surface area contributed by atoms with E-state index < -0.39 is 0 Å². The molecule has 6 nitrogen and oxygen atoms in total. The molecule has 1 aromatic carbocycles. The van der Waals surface area contributed by atoms with E-state index in [-0.39, 0.29) is 11.8 Å². The number of amides is 2. The standard InChI is InChI=1S/C21H20N4O2S/c26-19(23-14-15-4-2-1-3-5-15)20-24-17-8-12-25(13-9-18(17)28-20)21(27)16-6-10-22-11-7-16/h1-7,10-11H,8-9,12-14H2,(H,23,26). The zero-order valence-electron chi connectivity index (χ0n) is 15.3. The lowest BCUT2D eigenvalue weighted by Crippen LogP contribution is -2.33. The van der Waals surface area contributed by atoms with Crippen LogP contribution in [-0.4, -0.2) is 39.8 Å². The Morgan fingerprint density at radius 3 is 2.57 bits per heavy atom. The largest absolute Gasteiger partial charge is 0.346 e. The van der Waals surface area contributed by atoms with Gasteiger partial charge in [0.2, 0.25) is 0 Å². The molecule has 1 aliphatic heterocycles. The molecule has 3 heterocycles. The van der Waals surface area contributed by atoms with Crippen LogP contribution in [-0.2, 0) is 19.4 Å². The van der Waals surface area contributed by atoms with Gasteiger partial charge in [0.1, 0.15) is 0 Å². The fourth-order valence-electron chi connectivity index (χ4n) is 3.19. The molecule has 0 spiro atoms. The highest BCUT2D eigenvalue weighted by atomic mass is 32.1. The number of hydrogen-bond acceptors (Lipinski definition) is 5. The minimum Gasteiger partial charge on any atom is -0.346 e. The van der Waals surface area contributed by atoms with Crippen LogP contribution in [0.15, 0.2) is 54.9 Å². The molecular weight excluding hydrogens is 372 g/mol. The number of rotatable bonds is 4. The molecule has 1 aliphatic rings. The maximum absolute atomic E-state index is 12.6. The summed E-state index contributed by atoms with van der Waals surface area (Å²) in [6.07, 6.45) is 4.64. The first-order valence-electron chi connectivity index (χ1n) is 9.21. The van der Waals surface area contributed by atoms with Gasteiger partial charge in [-0.15, -0.1) is 11.3 Å². The maximum Gasteiger partial charge on any atom is 0.280 e. The van der Waals surface area contributed by atoms with Crippen LogP contribution in [0.2, 0.25) is 0 Å². The van der Waals surface area contributed by atoms with Gasteiger partial charge in [-0.3, -0.25) is 14.6 Å². The van der Waals surface area contributed by atoms with Gasteiger partial charge in [-0.05, 0) is 17.7 Å². The molecule has 0 saturated heterocycles. The van der Waals surface area contributed by atoms with Crippen LogP contribution >= 0.6 is 11.3 Å². The van der Waals surface area contributed by atoms with Crippen molar-refractivity contribution in [1.29, 1.82) is 0 Å². The number of benzene rings is 1. The number of hydrogen-bond donors (Lipinski definition) is 1. The van der Waals surface area contributed by atoms with E-state index in [1.807, 2.05) is 35.2 Å². The number of thiazole rings is 1. The third kappa shape index (κ3) is 4.09. The molecule has 0 radical (unpaired) electrons. The minimum atomic E-state index is -0.147. The number of carbonyl (C=O) groups is 2. The van der Waals surface area contributed by atoms with E-state index in [9.17, 15) is 9.59 Å². The maximum atomic E-state index is 12.6. The fourth-order valence-corrected chi connectivity index (χ4v) is 4.21. The van der Waals surface area contributed by atoms with Crippen LogP contribution in [0.3, 0.4) is 0 Å². The van der Waals surface area contributed by atoms with Crippen molar-refractivity contribution in [2.75, 3.05) is 13.1 Å². The number of aromatic nitrogens is 2. The van der Waals surface area contributed by atoms with Gasteiger partial charge >= 0.3 is 0 Å². The summed E-state index contributed by atoms with van der Waals surface area (Å²) in [6.45, 7) is 1.71. The van der Waals surface area contributed by atoms with Crippen molar-refractivity contribution in [1.82, 2.24) is 20.2 Å². The van der Waals surface area contributed by atoms with Crippen molar-refractivity contribution in [3.05, 3.63) is 81.6 Å². The van der Waals surface area contributed by atoms with Gasteiger partial charge in [-0.25, -0.2) is 4.98 Å². The Labute approximate surface area is 167 Å². The Hall–Kier alpha value is -3.06. The molecule has 1 N–H and O–H groups in total. The highest BCUT2D eigenvalue weighted by molar-refractivity contribution is 7.13. The van der Waals surface area contributed by atoms with Crippen LogP contribution in [0.1, 0.15) is 36.3 Å². The zero-order chi connectivity index (χ0) is 19.3. The minimum absolute atomic E-state index is 0.0124. The molecule has 0 unspecified atom stereocenters. The van der Waals surface area contributed by atoms with Crippen molar-refractivity contribution in [2.45, 2.75) is 19.4 Å². The molecular formula is C21H20N4O2S. The quantitative estimate of drug-likeness (QED) is 0.741. The van der Waals surface area contributed by atoms with Crippen LogP contribution in [0, 0.1) is 0 Å². The fraction of sp³-hybridized carbons (Fsp3) is 0.238. The lowest BCUT2D eigenvalue weighted by Gasteiger charge is -2.20. The second kappa shape index (κ2) is 8.31. The van der Waals surface area contributed by atoms with Crippen LogP contribution in [0.4, 0.5) is 0 Å². The van der Waals surface area contributed by atoms with Crippen LogP contribution < -0.4 is 5.32 Å². The Bertz CT molecular complexity index is 947. The number of nitrogens with one attached hydrogen (secondary N) is 1. The van der Waals surface area contributed by atoms with Gasteiger partial charge in [0.05, 0.1) is 5.69 Å². The number of fused-ring (bicyclic) bond motifs is 1. The highest BCUT2D eigenvalue weighted by Gasteiger charge is 2.23. The molecule has 4 rings (SSSR count). The van der Waals surface area contributed by atoms with E-state index in [2.05, 4.69) is 15.3 Å². The lowest BCUT2D eigenvalue weighted by atomic mass is 10.2. The molecule has 0 atom stereocenters. The predicted octanol–water partition coefficient (Wildman–Crippen LogP) is 2.71. The molecule has 28 heavy (non-hydrogen) atoms. The van der Waals surface area contributed by atoms with Gasteiger partial charge in [-0.2, -0.15) is 0 Å². The van der Waals surface area contributed by atoms with Crippen molar-refractivity contribution in [3.63, 3.8) is 0 Å². The third-order valence-electron chi connectivity index (χ3n) is 4.71. The van der Waals surface area contributed by atoms with Gasteiger partial charge in [0.25, 0.3) is 11.8 Å². The van der Waals surface area contributed by atoms with E-state index in [0.717, 1.165) is 22.6 Å². The first-order chi connectivity index (χ1) is 13.7. The monoisotopic (exact) mass is 392 g/mol. The van der Waals surface area contributed by atoms with Crippen molar-refractivity contribution in [3.8, 4) is 0 Å². The summed E-state index contributed by atoms with van der Waals surface area (Å²) in [5, 5.41) is 3.42. The average molecular weight is 392 g/mol. The smallest absolute Gasteiger partial charge is 0.280 e. The molecule has 2 aromatic heterocycles. The summed E-state index contributed by atoms with van der Waals surface area (Å²) in [4.78, 5) is 36.5. The van der Waals surface area contributed by atoms with Gasteiger partial charge in [-0.1, -0.05) is 30.3 Å². The third-order valence-corrected chi connectivity index (χ3v) is 5.87. The van der Waals surface area contributed by atoms with E-state index >= 15 is 0 Å². The van der Waals surface area contributed by atoms with Gasteiger partial charge < -0.3 is 10.2 Å². The summed E-state index contributed by atoms with van der Waals surface area (Å²) in [6, 6.07) is 13.3. The van der Waals surface area contributed by atoms with Gasteiger partial charge in [0.15, 0.2) is 5.01 Å². The summed E-state index contributed by atoms with van der Waals surface area (Å²) in [7, 11) is 0. The molecule has 0 bridgehead atoms. The van der Waals surface area contributed by atoms with Crippen LogP contribution in [0.5, 0.6) is 0 Å². The Kier molecular flexibility index (Phi) is 5.43. The molecule has 0 fully saturated rings. The van der Waals surface area contributed by atoms with E-state index in [0.29, 0.717) is 36.6 Å².